The van der Waals surface area contributed by atoms with Gasteiger partial charge in [0, 0.05) is 37.0 Å². The zero-order chi connectivity index (χ0) is 15.9. The van der Waals surface area contributed by atoms with Crippen LogP contribution < -0.4 is 14.8 Å². The molecule has 1 aliphatic heterocycles. The van der Waals surface area contributed by atoms with Crippen molar-refractivity contribution < 1.29 is 14.3 Å². The molecule has 1 heterocycles. The quantitative estimate of drug-likeness (QED) is 0.832. The maximum absolute atomic E-state index is 12.0. The number of nitrogens with zero attached hydrogens (tertiary/aromatic N) is 1. The molecule has 0 saturated carbocycles. The van der Waals surface area contributed by atoms with E-state index in [-0.39, 0.29) is 5.91 Å². The number of carbonyl (C=O) groups is 1. The molecule has 0 bridgehead atoms. The number of thiocarbonyl (C=S) groups is 1. The minimum atomic E-state index is -0.0955. The van der Waals surface area contributed by atoms with Crippen molar-refractivity contribution in [2.45, 2.75) is 12.8 Å². The van der Waals surface area contributed by atoms with Crippen LogP contribution >= 0.6 is 24.0 Å². The van der Waals surface area contributed by atoms with Crippen LogP contribution in [-0.4, -0.2) is 48.2 Å². The molecule has 0 aromatic heterocycles. The first-order valence-corrected chi connectivity index (χ1v) is 8.46. The Labute approximate surface area is 140 Å². The average molecular weight is 340 g/mol. The lowest BCUT2D eigenvalue weighted by atomic mass is 10.2. The van der Waals surface area contributed by atoms with E-state index < -0.39 is 0 Å². The van der Waals surface area contributed by atoms with Crippen LogP contribution in [0.25, 0.3) is 0 Å². The number of anilines is 1. The number of benzene rings is 1. The van der Waals surface area contributed by atoms with E-state index in [9.17, 15) is 4.79 Å². The summed E-state index contributed by atoms with van der Waals surface area (Å²) in [7, 11) is 3.15. The Kier molecular flexibility index (Phi) is 6.33. The zero-order valence-corrected chi connectivity index (χ0v) is 14.4. The van der Waals surface area contributed by atoms with Crippen molar-refractivity contribution in [3.63, 3.8) is 0 Å². The normalized spacial score (nSPS) is 13.8. The van der Waals surface area contributed by atoms with Gasteiger partial charge in [0.05, 0.1) is 20.0 Å². The fraction of sp³-hybridized carbons (Fsp3) is 0.467. The first-order valence-electron chi connectivity index (χ1n) is 7.07. The van der Waals surface area contributed by atoms with Gasteiger partial charge in [-0.3, -0.25) is 4.79 Å². The van der Waals surface area contributed by atoms with Gasteiger partial charge >= 0.3 is 0 Å². The standard InChI is InChI=1S/C15H20N2O3S2/c1-19-12-7-11(8-13(9-12)20-2)16-14(18)10-22-15(21)17-5-3-4-6-17/h7-9H,3-6,10H2,1-2H3,(H,16,18). The van der Waals surface area contributed by atoms with Crippen LogP contribution in [0.5, 0.6) is 11.5 Å². The molecule has 1 aliphatic rings. The highest BCUT2D eigenvalue weighted by Gasteiger charge is 2.16. The van der Waals surface area contributed by atoms with Crippen LogP contribution in [0.2, 0.25) is 0 Å². The molecule has 7 heteroatoms. The Morgan fingerprint density at radius 2 is 1.82 bits per heavy atom. The van der Waals surface area contributed by atoms with Gasteiger partial charge in [-0.25, -0.2) is 0 Å². The Balaban J connectivity index is 1.87. The van der Waals surface area contributed by atoms with Gasteiger partial charge in [-0.15, -0.1) is 0 Å². The summed E-state index contributed by atoms with van der Waals surface area (Å²) in [6.45, 7) is 2.00. The second-order valence-corrected chi connectivity index (χ2v) is 6.51. The van der Waals surface area contributed by atoms with Crippen molar-refractivity contribution in [2.24, 2.45) is 0 Å². The summed E-state index contributed by atoms with van der Waals surface area (Å²) < 4.78 is 11.2. The molecule has 0 radical (unpaired) electrons. The van der Waals surface area contributed by atoms with E-state index in [1.165, 1.54) is 24.6 Å². The molecule has 0 spiro atoms. The van der Waals surface area contributed by atoms with Gasteiger partial charge in [0.1, 0.15) is 15.8 Å². The summed E-state index contributed by atoms with van der Waals surface area (Å²) in [5.41, 5.74) is 0.647. The van der Waals surface area contributed by atoms with Gasteiger partial charge < -0.3 is 19.7 Å². The van der Waals surface area contributed by atoms with Gasteiger partial charge in [-0.1, -0.05) is 24.0 Å². The van der Waals surface area contributed by atoms with Crippen molar-refractivity contribution in [3.8, 4) is 11.5 Å². The number of thioether (sulfide) groups is 1. The number of amides is 1. The minimum Gasteiger partial charge on any atom is -0.497 e. The number of hydrogen-bond acceptors (Lipinski definition) is 5. The lowest BCUT2D eigenvalue weighted by Crippen LogP contribution is -2.25. The summed E-state index contributed by atoms with van der Waals surface area (Å²) in [4.78, 5) is 14.2. The zero-order valence-electron chi connectivity index (χ0n) is 12.8. The molecular weight excluding hydrogens is 320 g/mol. The SMILES string of the molecule is COc1cc(NC(=O)CSC(=S)N2CCCC2)cc(OC)c1. The number of ether oxygens (including phenoxy) is 2. The average Bonchev–Trinajstić information content (AvgIpc) is 3.06. The fourth-order valence-electron chi connectivity index (χ4n) is 2.19. The summed E-state index contributed by atoms with van der Waals surface area (Å²) in [5, 5.41) is 2.84. The minimum absolute atomic E-state index is 0.0955. The van der Waals surface area contributed by atoms with E-state index in [0.29, 0.717) is 22.9 Å². The Bertz CT molecular complexity index is 523. The summed E-state index contributed by atoms with van der Waals surface area (Å²) in [6.07, 6.45) is 2.35. The lowest BCUT2D eigenvalue weighted by Gasteiger charge is -2.17. The highest BCUT2D eigenvalue weighted by atomic mass is 32.2. The number of nitrogens with one attached hydrogen (secondary N) is 1. The second kappa shape index (κ2) is 8.24. The van der Waals surface area contributed by atoms with Gasteiger partial charge in [0.25, 0.3) is 0 Å². The van der Waals surface area contributed by atoms with Crippen LogP contribution in [0, 0.1) is 0 Å². The topological polar surface area (TPSA) is 50.8 Å². The van der Waals surface area contributed by atoms with Crippen molar-refractivity contribution in [3.05, 3.63) is 18.2 Å². The second-order valence-electron chi connectivity index (χ2n) is 4.90. The Hall–Kier alpha value is -1.47. The molecule has 1 amide bonds. The van der Waals surface area contributed by atoms with Crippen molar-refractivity contribution in [2.75, 3.05) is 38.4 Å². The van der Waals surface area contributed by atoms with E-state index in [4.69, 9.17) is 21.7 Å². The predicted octanol–water partition coefficient (Wildman–Crippen LogP) is 2.76. The lowest BCUT2D eigenvalue weighted by molar-refractivity contribution is -0.113. The summed E-state index contributed by atoms with van der Waals surface area (Å²) in [6, 6.07) is 5.26. The van der Waals surface area contributed by atoms with Crippen LogP contribution in [0.15, 0.2) is 18.2 Å². The molecule has 0 unspecified atom stereocenters. The third-order valence-electron chi connectivity index (χ3n) is 3.33. The van der Waals surface area contributed by atoms with E-state index in [1.807, 2.05) is 0 Å². The Morgan fingerprint density at radius 3 is 2.36 bits per heavy atom. The van der Waals surface area contributed by atoms with Crippen LogP contribution in [0.3, 0.4) is 0 Å². The fourth-order valence-corrected chi connectivity index (χ4v) is 3.25. The van der Waals surface area contributed by atoms with E-state index in [0.717, 1.165) is 17.4 Å². The summed E-state index contributed by atoms with van der Waals surface area (Å²) >= 11 is 6.75. The largest absolute Gasteiger partial charge is 0.497 e. The Morgan fingerprint density at radius 1 is 1.23 bits per heavy atom. The maximum atomic E-state index is 12.0. The molecule has 1 fully saturated rings. The number of carbonyl (C=O) groups excluding carboxylic acids is 1. The number of methoxy groups -OCH3 is 2. The van der Waals surface area contributed by atoms with E-state index in [1.54, 1.807) is 32.4 Å². The van der Waals surface area contributed by atoms with Crippen molar-refractivity contribution in [1.82, 2.24) is 4.90 Å². The third kappa shape index (κ3) is 4.78. The van der Waals surface area contributed by atoms with Crippen LogP contribution in [0.4, 0.5) is 5.69 Å². The summed E-state index contributed by atoms with van der Waals surface area (Å²) in [5.74, 6) is 1.47. The van der Waals surface area contributed by atoms with Crippen molar-refractivity contribution in [1.29, 1.82) is 0 Å². The smallest absolute Gasteiger partial charge is 0.234 e. The molecule has 2 rings (SSSR count). The molecule has 1 N–H and O–H groups in total. The molecule has 0 atom stereocenters. The monoisotopic (exact) mass is 340 g/mol. The molecule has 1 saturated heterocycles. The van der Waals surface area contributed by atoms with Gasteiger partial charge in [-0.05, 0) is 12.8 Å². The molecule has 0 aliphatic carbocycles. The number of hydrogen-bond donors (Lipinski definition) is 1. The highest BCUT2D eigenvalue weighted by Crippen LogP contribution is 2.26. The third-order valence-corrected chi connectivity index (χ3v) is 4.85. The predicted molar refractivity (Wildman–Crippen MR) is 94.0 cm³/mol. The molecule has 22 heavy (non-hydrogen) atoms. The van der Waals surface area contributed by atoms with E-state index in [2.05, 4.69) is 10.2 Å². The highest BCUT2D eigenvalue weighted by molar-refractivity contribution is 8.23. The number of likely N-dealkylation sites (tertiary alicyclic amines) is 1. The molecule has 120 valence electrons. The molecule has 5 nitrogen and oxygen atoms in total. The van der Waals surface area contributed by atoms with Crippen LogP contribution in [-0.2, 0) is 4.79 Å². The molecular formula is C15H20N2O3S2. The van der Waals surface area contributed by atoms with E-state index >= 15 is 0 Å². The molecule has 1 aromatic carbocycles. The maximum Gasteiger partial charge on any atom is 0.234 e. The van der Waals surface area contributed by atoms with Crippen LogP contribution in [0.1, 0.15) is 12.8 Å². The first-order chi connectivity index (χ1) is 10.6. The van der Waals surface area contributed by atoms with Crippen molar-refractivity contribution >= 4 is 39.9 Å². The number of rotatable bonds is 5. The first kappa shape index (κ1) is 16.9. The van der Waals surface area contributed by atoms with Gasteiger partial charge in [0.15, 0.2) is 0 Å². The van der Waals surface area contributed by atoms with Gasteiger partial charge in [0.2, 0.25) is 5.91 Å². The van der Waals surface area contributed by atoms with Gasteiger partial charge in [-0.2, -0.15) is 0 Å². The molecule has 1 aromatic rings.